The summed E-state index contributed by atoms with van der Waals surface area (Å²) >= 11 is 0. The Labute approximate surface area is 125 Å². The molecule has 118 valence electrons. The minimum atomic E-state index is -4.55. The third-order valence-corrected chi connectivity index (χ3v) is 3.64. The molecule has 8 N–H and O–H groups in total. The Hall–Kier alpha value is -2.57. The summed E-state index contributed by atoms with van der Waals surface area (Å²) in [6, 6.07) is 3.80. The molecule has 0 radical (unpaired) electrons. The summed E-state index contributed by atoms with van der Waals surface area (Å²) in [7, 11) is 0. The first-order valence-electron chi connectivity index (χ1n) is 6.45. The van der Waals surface area contributed by atoms with E-state index in [0.717, 1.165) is 6.07 Å². The number of anilines is 4. The van der Waals surface area contributed by atoms with Gasteiger partial charge >= 0.3 is 6.18 Å². The Kier molecular flexibility index (Phi) is 3.60. The molecule has 4 nitrogen and oxygen atoms in total. The summed E-state index contributed by atoms with van der Waals surface area (Å²) in [6.45, 7) is 3.17. The van der Waals surface area contributed by atoms with Crippen molar-refractivity contribution >= 4 is 22.7 Å². The predicted molar refractivity (Wildman–Crippen MR) is 84.0 cm³/mol. The number of nitrogen functional groups attached to an aromatic ring is 4. The van der Waals surface area contributed by atoms with Gasteiger partial charge in [0.05, 0.1) is 22.6 Å². The van der Waals surface area contributed by atoms with Crippen LogP contribution in [0.2, 0.25) is 0 Å². The van der Waals surface area contributed by atoms with Gasteiger partial charge in [0.15, 0.2) is 0 Å². The van der Waals surface area contributed by atoms with Gasteiger partial charge in [0, 0.05) is 5.69 Å². The maximum absolute atomic E-state index is 13.4. The quantitative estimate of drug-likeness (QED) is 0.606. The summed E-state index contributed by atoms with van der Waals surface area (Å²) in [5.41, 5.74) is 23.7. The average Bonchev–Trinajstić information content (AvgIpc) is 2.39. The lowest BCUT2D eigenvalue weighted by atomic mass is 9.89. The second-order valence-electron chi connectivity index (χ2n) is 5.22. The minimum Gasteiger partial charge on any atom is -0.399 e. The molecular weight excluding hydrogens is 293 g/mol. The Morgan fingerprint density at radius 1 is 0.864 bits per heavy atom. The van der Waals surface area contributed by atoms with Gasteiger partial charge in [0.25, 0.3) is 0 Å². The number of alkyl halides is 3. The van der Waals surface area contributed by atoms with Gasteiger partial charge in [-0.25, -0.2) is 0 Å². The average molecular weight is 310 g/mol. The van der Waals surface area contributed by atoms with Crippen LogP contribution >= 0.6 is 0 Å². The topological polar surface area (TPSA) is 104 Å². The van der Waals surface area contributed by atoms with Crippen molar-refractivity contribution in [3.8, 4) is 11.1 Å². The van der Waals surface area contributed by atoms with Crippen molar-refractivity contribution in [3.05, 3.63) is 34.9 Å². The number of halogens is 3. The molecule has 0 aliphatic heterocycles. The van der Waals surface area contributed by atoms with E-state index in [-0.39, 0.29) is 28.3 Å². The highest BCUT2D eigenvalue weighted by Crippen LogP contribution is 2.44. The fourth-order valence-corrected chi connectivity index (χ4v) is 2.50. The fraction of sp³-hybridized carbons (Fsp3) is 0.200. The van der Waals surface area contributed by atoms with Crippen molar-refractivity contribution in [2.45, 2.75) is 20.0 Å². The molecule has 0 bridgehead atoms. The maximum atomic E-state index is 13.4. The van der Waals surface area contributed by atoms with E-state index < -0.39 is 11.7 Å². The maximum Gasteiger partial charge on any atom is 0.417 e. The van der Waals surface area contributed by atoms with E-state index in [1.165, 1.54) is 12.1 Å². The normalized spacial score (nSPS) is 11.7. The van der Waals surface area contributed by atoms with Gasteiger partial charge < -0.3 is 22.9 Å². The Balaban J connectivity index is 2.90. The van der Waals surface area contributed by atoms with E-state index in [2.05, 4.69) is 0 Å². The van der Waals surface area contributed by atoms with E-state index in [4.69, 9.17) is 22.9 Å². The van der Waals surface area contributed by atoms with Crippen LogP contribution in [0.3, 0.4) is 0 Å². The van der Waals surface area contributed by atoms with Crippen LogP contribution in [-0.2, 0) is 6.18 Å². The van der Waals surface area contributed by atoms with Gasteiger partial charge in [0.2, 0.25) is 0 Å². The van der Waals surface area contributed by atoms with Gasteiger partial charge in [-0.05, 0) is 54.3 Å². The summed E-state index contributed by atoms with van der Waals surface area (Å²) in [6.07, 6.45) is -4.55. The van der Waals surface area contributed by atoms with Crippen LogP contribution in [0.4, 0.5) is 35.9 Å². The Bertz CT molecular complexity index is 752. The molecule has 0 unspecified atom stereocenters. The summed E-state index contributed by atoms with van der Waals surface area (Å²) in [4.78, 5) is 0. The standard InChI is InChI=1S/C15H17F3N4/c1-6-3-8(19)4-10(15(16,17)18)12(6)9-5-11(20)14(22)13(21)7(9)2/h3-5H,19-22H2,1-2H3. The highest BCUT2D eigenvalue weighted by Gasteiger charge is 2.35. The fourth-order valence-electron chi connectivity index (χ4n) is 2.50. The minimum absolute atomic E-state index is 0.0117. The summed E-state index contributed by atoms with van der Waals surface area (Å²) in [5.74, 6) is 0. The Morgan fingerprint density at radius 2 is 1.45 bits per heavy atom. The van der Waals surface area contributed by atoms with Crippen LogP contribution < -0.4 is 22.9 Å². The first kappa shape index (κ1) is 15.8. The zero-order chi connectivity index (χ0) is 16.8. The van der Waals surface area contributed by atoms with Crippen molar-refractivity contribution in [1.82, 2.24) is 0 Å². The molecule has 0 heterocycles. The van der Waals surface area contributed by atoms with E-state index in [9.17, 15) is 13.2 Å². The Morgan fingerprint density at radius 3 is 2.00 bits per heavy atom. The molecule has 2 rings (SSSR count). The first-order chi connectivity index (χ1) is 10.0. The number of hydrogen-bond donors (Lipinski definition) is 4. The molecule has 0 saturated heterocycles. The predicted octanol–water partition coefficient (Wildman–Crippen LogP) is 3.32. The largest absolute Gasteiger partial charge is 0.417 e. The van der Waals surface area contributed by atoms with Gasteiger partial charge in [0.1, 0.15) is 0 Å². The third-order valence-electron chi connectivity index (χ3n) is 3.64. The van der Waals surface area contributed by atoms with Gasteiger partial charge in [-0.3, -0.25) is 0 Å². The van der Waals surface area contributed by atoms with E-state index in [1.54, 1.807) is 13.8 Å². The van der Waals surface area contributed by atoms with Gasteiger partial charge in [-0.2, -0.15) is 13.2 Å². The van der Waals surface area contributed by atoms with Gasteiger partial charge in [-0.1, -0.05) is 0 Å². The molecule has 7 heteroatoms. The molecule has 0 aromatic heterocycles. The SMILES string of the molecule is Cc1cc(N)cc(C(F)(F)F)c1-c1cc(N)c(N)c(N)c1C. The highest BCUT2D eigenvalue weighted by molar-refractivity contribution is 5.90. The van der Waals surface area contributed by atoms with Crippen LogP contribution in [0.25, 0.3) is 11.1 Å². The molecule has 2 aromatic rings. The lowest BCUT2D eigenvalue weighted by Gasteiger charge is -2.20. The van der Waals surface area contributed by atoms with Crippen molar-refractivity contribution in [1.29, 1.82) is 0 Å². The van der Waals surface area contributed by atoms with E-state index in [0.29, 0.717) is 16.7 Å². The molecule has 0 atom stereocenters. The zero-order valence-corrected chi connectivity index (χ0v) is 12.2. The van der Waals surface area contributed by atoms with Crippen molar-refractivity contribution in [2.24, 2.45) is 0 Å². The first-order valence-corrected chi connectivity index (χ1v) is 6.45. The number of benzene rings is 2. The second kappa shape index (κ2) is 5.01. The second-order valence-corrected chi connectivity index (χ2v) is 5.22. The molecule has 0 amide bonds. The molecule has 2 aromatic carbocycles. The van der Waals surface area contributed by atoms with Crippen LogP contribution in [0.1, 0.15) is 16.7 Å². The lowest BCUT2D eigenvalue weighted by Crippen LogP contribution is -2.11. The number of rotatable bonds is 1. The number of hydrogen-bond acceptors (Lipinski definition) is 4. The monoisotopic (exact) mass is 310 g/mol. The van der Waals surface area contributed by atoms with Crippen molar-refractivity contribution < 1.29 is 13.2 Å². The molecular formula is C15H17F3N4. The molecule has 0 spiro atoms. The lowest BCUT2D eigenvalue weighted by molar-refractivity contribution is -0.137. The molecule has 0 aliphatic carbocycles. The van der Waals surface area contributed by atoms with Crippen LogP contribution in [0.15, 0.2) is 18.2 Å². The number of nitrogens with two attached hydrogens (primary N) is 4. The van der Waals surface area contributed by atoms with Crippen LogP contribution in [0.5, 0.6) is 0 Å². The highest BCUT2D eigenvalue weighted by atomic mass is 19.4. The molecule has 22 heavy (non-hydrogen) atoms. The zero-order valence-electron chi connectivity index (χ0n) is 12.2. The summed E-state index contributed by atoms with van der Waals surface area (Å²) < 4.78 is 40.1. The van der Waals surface area contributed by atoms with Crippen LogP contribution in [0, 0.1) is 13.8 Å². The van der Waals surface area contributed by atoms with E-state index in [1.807, 2.05) is 0 Å². The number of aryl methyl sites for hydroxylation is 1. The molecule has 0 saturated carbocycles. The van der Waals surface area contributed by atoms with Gasteiger partial charge in [-0.15, -0.1) is 0 Å². The van der Waals surface area contributed by atoms with E-state index >= 15 is 0 Å². The van der Waals surface area contributed by atoms with Crippen molar-refractivity contribution in [2.75, 3.05) is 22.9 Å². The van der Waals surface area contributed by atoms with Crippen LogP contribution in [-0.4, -0.2) is 0 Å². The molecule has 0 aliphatic rings. The summed E-state index contributed by atoms with van der Waals surface area (Å²) in [5, 5.41) is 0. The van der Waals surface area contributed by atoms with Crippen molar-refractivity contribution in [3.63, 3.8) is 0 Å². The molecule has 0 fully saturated rings. The smallest absolute Gasteiger partial charge is 0.399 e. The third kappa shape index (κ3) is 2.49.